The number of carbonyl (C=O) groups excluding carboxylic acids is 2. The van der Waals surface area contributed by atoms with Gasteiger partial charge in [-0.3, -0.25) is 4.90 Å². The molecule has 2 amide bonds. The maximum Gasteiger partial charge on any atom is 0.338 e. The standard InChI is InChI=1S/C20H21N3O3/c1-3-26-19(24)16-17(13-9-11-15(21)12-10-13)22-20(25)23(2)18(16)14-7-5-4-6-8-14/h4-12,17H,3,21H2,1-2H3,(H,22,25). The summed E-state index contributed by atoms with van der Waals surface area (Å²) < 4.78 is 5.29. The van der Waals surface area contributed by atoms with Crippen LogP contribution >= 0.6 is 0 Å². The Morgan fingerprint density at radius 3 is 2.42 bits per heavy atom. The molecule has 26 heavy (non-hydrogen) atoms. The molecule has 2 aromatic carbocycles. The van der Waals surface area contributed by atoms with Crippen LogP contribution in [0.1, 0.15) is 24.1 Å². The number of hydrogen-bond acceptors (Lipinski definition) is 4. The zero-order valence-corrected chi connectivity index (χ0v) is 14.7. The number of esters is 1. The van der Waals surface area contributed by atoms with Crippen LogP contribution in [-0.2, 0) is 9.53 Å². The molecule has 1 aliphatic rings. The third-order valence-corrected chi connectivity index (χ3v) is 4.26. The summed E-state index contributed by atoms with van der Waals surface area (Å²) in [6.07, 6.45) is 0. The van der Waals surface area contributed by atoms with Gasteiger partial charge in [-0.15, -0.1) is 0 Å². The van der Waals surface area contributed by atoms with Crippen molar-refractivity contribution in [2.45, 2.75) is 13.0 Å². The van der Waals surface area contributed by atoms with E-state index in [4.69, 9.17) is 10.5 Å². The van der Waals surface area contributed by atoms with E-state index in [0.717, 1.165) is 11.1 Å². The van der Waals surface area contributed by atoms with Crippen LogP contribution in [0, 0.1) is 0 Å². The SMILES string of the molecule is CCOC(=O)C1=C(c2ccccc2)N(C)C(=O)NC1c1ccc(N)cc1. The lowest BCUT2D eigenvalue weighted by Gasteiger charge is -2.34. The molecule has 3 N–H and O–H groups in total. The molecule has 2 aromatic rings. The van der Waals surface area contributed by atoms with Crippen molar-refractivity contribution < 1.29 is 14.3 Å². The Morgan fingerprint density at radius 2 is 1.81 bits per heavy atom. The van der Waals surface area contributed by atoms with E-state index in [1.54, 1.807) is 38.2 Å². The first-order chi connectivity index (χ1) is 12.5. The van der Waals surface area contributed by atoms with Gasteiger partial charge >= 0.3 is 12.0 Å². The van der Waals surface area contributed by atoms with Gasteiger partial charge in [-0.25, -0.2) is 9.59 Å². The van der Waals surface area contributed by atoms with Crippen LogP contribution < -0.4 is 11.1 Å². The van der Waals surface area contributed by atoms with E-state index in [1.165, 1.54) is 4.90 Å². The highest BCUT2D eigenvalue weighted by molar-refractivity contribution is 6.04. The normalized spacial score (nSPS) is 17.1. The van der Waals surface area contributed by atoms with E-state index in [0.29, 0.717) is 17.0 Å². The van der Waals surface area contributed by atoms with Crippen molar-refractivity contribution in [3.63, 3.8) is 0 Å². The molecule has 6 nitrogen and oxygen atoms in total. The molecule has 1 heterocycles. The number of ether oxygens (including phenoxy) is 1. The van der Waals surface area contributed by atoms with Gasteiger partial charge in [-0.05, 0) is 30.2 Å². The fourth-order valence-electron chi connectivity index (χ4n) is 3.02. The summed E-state index contributed by atoms with van der Waals surface area (Å²) in [5.74, 6) is -0.458. The fraction of sp³-hybridized carbons (Fsp3) is 0.200. The fourth-order valence-corrected chi connectivity index (χ4v) is 3.02. The summed E-state index contributed by atoms with van der Waals surface area (Å²) in [4.78, 5) is 26.8. The number of benzene rings is 2. The summed E-state index contributed by atoms with van der Waals surface area (Å²) in [5, 5.41) is 2.88. The van der Waals surface area contributed by atoms with E-state index in [2.05, 4.69) is 5.32 Å². The van der Waals surface area contributed by atoms with Crippen LogP contribution in [0.2, 0.25) is 0 Å². The molecule has 0 saturated heterocycles. The lowest BCUT2D eigenvalue weighted by molar-refractivity contribution is -0.138. The van der Waals surface area contributed by atoms with E-state index in [-0.39, 0.29) is 12.6 Å². The van der Waals surface area contributed by atoms with Crippen LogP contribution in [0.25, 0.3) is 5.70 Å². The van der Waals surface area contributed by atoms with E-state index in [9.17, 15) is 9.59 Å². The number of urea groups is 1. The van der Waals surface area contributed by atoms with Gasteiger partial charge < -0.3 is 15.8 Å². The second-order valence-electron chi connectivity index (χ2n) is 5.96. The van der Waals surface area contributed by atoms with Gasteiger partial charge in [-0.2, -0.15) is 0 Å². The number of hydrogen-bond donors (Lipinski definition) is 2. The Kier molecular flexibility index (Phi) is 4.93. The van der Waals surface area contributed by atoms with E-state index >= 15 is 0 Å². The van der Waals surface area contributed by atoms with Crippen LogP contribution in [0.3, 0.4) is 0 Å². The Balaban J connectivity index is 2.22. The van der Waals surface area contributed by atoms with Gasteiger partial charge in [-0.1, -0.05) is 42.5 Å². The highest BCUT2D eigenvalue weighted by atomic mass is 16.5. The molecular formula is C20H21N3O3. The number of nitrogens with one attached hydrogen (secondary N) is 1. The highest BCUT2D eigenvalue weighted by Gasteiger charge is 2.37. The number of amides is 2. The second-order valence-corrected chi connectivity index (χ2v) is 5.96. The maximum absolute atomic E-state index is 12.8. The number of nitrogens with zero attached hydrogens (tertiary/aromatic N) is 1. The maximum atomic E-state index is 12.8. The first-order valence-corrected chi connectivity index (χ1v) is 8.39. The van der Waals surface area contributed by atoms with Crippen LogP contribution in [0.5, 0.6) is 0 Å². The largest absolute Gasteiger partial charge is 0.463 e. The average Bonchev–Trinajstić information content (AvgIpc) is 2.65. The Bertz CT molecular complexity index is 844. The monoisotopic (exact) mass is 351 g/mol. The molecule has 134 valence electrons. The summed E-state index contributed by atoms with van der Waals surface area (Å²) in [7, 11) is 1.64. The quantitative estimate of drug-likeness (QED) is 0.655. The lowest BCUT2D eigenvalue weighted by atomic mass is 9.92. The van der Waals surface area contributed by atoms with Crippen LogP contribution in [-0.4, -0.2) is 30.6 Å². The molecular weight excluding hydrogens is 330 g/mol. The van der Waals surface area contributed by atoms with Crippen molar-refractivity contribution in [1.29, 1.82) is 0 Å². The zero-order chi connectivity index (χ0) is 18.7. The van der Waals surface area contributed by atoms with Crippen molar-refractivity contribution in [3.05, 3.63) is 71.3 Å². The molecule has 0 fully saturated rings. The first kappa shape index (κ1) is 17.5. The number of carbonyl (C=O) groups is 2. The van der Waals surface area contributed by atoms with Gasteiger partial charge in [0.1, 0.15) is 0 Å². The summed E-state index contributed by atoms with van der Waals surface area (Å²) >= 11 is 0. The summed E-state index contributed by atoms with van der Waals surface area (Å²) in [6, 6.07) is 15.5. The molecule has 1 unspecified atom stereocenters. The molecule has 0 spiro atoms. The smallest absolute Gasteiger partial charge is 0.338 e. The molecule has 1 atom stereocenters. The van der Waals surface area contributed by atoms with Crippen molar-refractivity contribution in [2.24, 2.45) is 0 Å². The number of nitrogens with two attached hydrogens (primary N) is 1. The Labute approximate surface area is 152 Å². The van der Waals surface area contributed by atoms with Gasteiger partial charge in [0.15, 0.2) is 0 Å². The molecule has 3 rings (SSSR count). The molecule has 0 bridgehead atoms. The minimum atomic E-state index is -0.617. The van der Waals surface area contributed by atoms with Crippen molar-refractivity contribution in [3.8, 4) is 0 Å². The van der Waals surface area contributed by atoms with Gasteiger partial charge in [0.2, 0.25) is 0 Å². The zero-order valence-electron chi connectivity index (χ0n) is 14.7. The number of anilines is 1. The summed E-state index contributed by atoms with van der Waals surface area (Å²) in [5.41, 5.74) is 8.84. The predicted molar refractivity (Wildman–Crippen MR) is 99.9 cm³/mol. The summed E-state index contributed by atoms with van der Waals surface area (Å²) in [6.45, 7) is 2.00. The van der Waals surface area contributed by atoms with Gasteiger partial charge in [0.25, 0.3) is 0 Å². The lowest BCUT2D eigenvalue weighted by Crippen LogP contribution is -2.46. The average molecular weight is 351 g/mol. The Morgan fingerprint density at radius 1 is 1.15 bits per heavy atom. The predicted octanol–water partition coefficient (Wildman–Crippen LogP) is 2.94. The first-order valence-electron chi connectivity index (χ1n) is 8.39. The van der Waals surface area contributed by atoms with E-state index in [1.807, 2.05) is 30.3 Å². The van der Waals surface area contributed by atoms with Crippen molar-refractivity contribution >= 4 is 23.4 Å². The third kappa shape index (κ3) is 3.26. The minimum Gasteiger partial charge on any atom is -0.463 e. The number of nitrogen functional groups attached to an aromatic ring is 1. The highest BCUT2D eigenvalue weighted by Crippen LogP contribution is 2.35. The number of rotatable bonds is 4. The van der Waals surface area contributed by atoms with Crippen LogP contribution in [0.4, 0.5) is 10.5 Å². The van der Waals surface area contributed by atoms with Crippen LogP contribution in [0.15, 0.2) is 60.2 Å². The van der Waals surface area contributed by atoms with Gasteiger partial charge in [0.05, 0.1) is 23.9 Å². The second kappa shape index (κ2) is 7.31. The van der Waals surface area contributed by atoms with Gasteiger partial charge in [0, 0.05) is 12.7 Å². The molecule has 0 radical (unpaired) electrons. The minimum absolute atomic E-state index is 0.247. The molecule has 0 saturated carbocycles. The van der Waals surface area contributed by atoms with Crippen molar-refractivity contribution in [1.82, 2.24) is 10.2 Å². The van der Waals surface area contributed by atoms with E-state index < -0.39 is 12.0 Å². The molecule has 0 aromatic heterocycles. The third-order valence-electron chi connectivity index (χ3n) is 4.26. The molecule has 1 aliphatic heterocycles. The molecule has 6 heteroatoms. The topological polar surface area (TPSA) is 84.7 Å². The Hall–Kier alpha value is -3.28. The van der Waals surface area contributed by atoms with Crippen molar-refractivity contribution in [2.75, 3.05) is 19.4 Å². The molecule has 0 aliphatic carbocycles.